The molecule has 1 atom stereocenters. The van der Waals surface area contributed by atoms with Crippen molar-refractivity contribution in [3.63, 3.8) is 0 Å². The molecule has 0 unspecified atom stereocenters. The van der Waals surface area contributed by atoms with Crippen LogP contribution in [-0.2, 0) is 4.74 Å². The normalized spacial score (nSPS) is 19.9. The molecule has 2 aromatic carbocycles. The molecule has 0 bridgehead atoms. The molecule has 1 amide bonds. The summed E-state index contributed by atoms with van der Waals surface area (Å²) < 4.78 is 5.44. The summed E-state index contributed by atoms with van der Waals surface area (Å²) in [5, 5.41) is 0.742. The third-order valence-corrected chi connectivity index (χ3v) is 5.93. The largest absolute Gasteiger partial charge is 0.380 e. The van der Waals surface area contributed by atoms with Crippen LogP contribution < -0.4 is 9.80 Å². The molecule has 2 saturated heterocycles. The van der Waals surface area contributed by atoms with E-state index in [1.54, 1.807) is 7.11 Å². The van der Waals surface area contributed by atoms with Gasteiger partial charge in [0.15, 0.2) is 0 Å². The van der Waals surface area contributed by atoms with Crippen molar-refractivity contribution in [1.29, 1.82) is 0 Å². The lowest BCUT2D eigenvalue weighted by atomic mass is 10.1. The van der Waals surface area contributed by atoms with Gasteiger partial charge in [0.1, 0.15) is 0 Å². The molecule has 0 aromatic heterocycles. The van der Waals surface area contributed by atoms with E-state index < -0.39 is 0 Å². The molecule has 0 aliphatic carbocycles. The minimum Gasteiger partial charge on any atom is -0.380 e. The molecule has 2 fully saturated rings. The van der Waals surface area contributed by atoms with E-state index in [1.807, 2.05) is 47.4 Å². The standard InChI is InChI=1S/C22H26ClN3O2/c1-28-21-9-10-26(16-21)19-7-5-17(6-8-19)22(27)25-13-11-24(12-14-25)20-4-2-3-18(23)15-20/h2-8,15,21H,9-14,16H2,1H3/t21-/m0/s1. The number of ether oxygens (including phenoxy) is 1. The van der Waals surface area contributed by atoms with Crippen LogP contribution in [0.5, 0.6) is 0 Å². The van der Waals surface area contributed by atoms with E-state index in [0.29, 0.717) is 6.10 Å². The quantitative estimate of drug-likeness (QED) is 0.788. The Morgan fingerprint density at radius 1 is 0.964 bits per heavy atom. The molecule has 2 aromatic rings. The maximum absolute atomic E-state index is 12.9. The zero-order valence-electron chi connectivity index (χ0n) is 16.2. The van der Waals surface area contributed by atoms with Crippen LogP contribution in [0.25, 0.3) is 0 Å². The average Bonchev–Trinajstić information content (AvgIpc) is 3.23. The monoisotopic (exact) mass is 399 g/mol. The first-order valence-corrected chi connectivity index (χ1v) is 10.2. The van der Waals surface area contributed by atoms with Crippen LogP contribution in [0.3, 0.4) is 0 Å². The van der Waals surface area contributed by atoms with Crippen LogP contribution in [0.4, 0.5) is 11.4 Å². The number of carbonyl (C=O) groups is 1. The Morgan fingerprint density at radius 2 is 1.71 bits per heavy atom. The highest BCUT2D eigenvalue weighted by atomic mass is 35.5. The van der Waals surface area contributed by atoms with Gasteiger partial charge >= 0.3 is 0 Å². The molecule has 28 heavy (non-hydrogen) atoms. The fourth-order valence-electron chi connectivity index (χ4n) is 3.99. The molecule has 6 heteroatoms. The smallest absolute Gasteiger partial charge is 0.253 e. The summed E-state index contributed by atoms with van der Waals surface area (Å²) in [6.07, 6.45) is 1.35. The Balaban J connectivity index is 1.35. The first-order chi connectivity index (χ1) is 13.6. The molecular formula is C22H26ClN3O2. The Hall–Kier alpha value is -2.24. The number of rotatable bonds is 4. The van der Waals surface area contributed by atoms with Crippen molar-refractivity contribution >= 4 is 28.9 Å². The first kappa shape index (κ1) is 19.1. The number of anilines is 2. The molecule has 2 heterocycles. The summed E-state index contributed by atoms with van der Waals surface area (Å²) in [4.78, 5) is 19.4. The van der Waals surface area contributed by atoms with Crippen LogP contribution in [0.2, 0.25) is 5.02 Å². The number of methoxy groups -OCH3 is 1. The van der Waals surface area contributed by atoms with Gasteiger partial charge in [0.05, 0.1) is 6.10 Å². The lowest BCUT2D eigenvalue weighted by Crippen LogP contribution is -2.48. The van der Waals surface area contributed by atoms with E-state index in [-0.39, 0.29) is 5.91 Å². The Labute approximate surface area is 171 Å². The van der Waals surface area contributed by atoms with Crippen LogP contribution in [0, 0.1) is 0 Å². The molecule has 0 N–H and O–H groups in total. The molecule has 148 valence electrons. The Kier molecular flexibility index (Phi) is 5.74. The van der Waals surface area contributed by atoms with E-state index in [1.165, 1.54) is 0 Å². The van der Waals surface area contributed by atoms with E-state index >= 15 is 0 Å². The maximum atomic E-state index is 12.9. The van der Waals surface area contributed by atoms with Crippen molar-refractivity contribution in [2.75, 3.05) is 56.2 Å². The molecule has 0 saturated carbocycles. The molecule has 2 aliphatic rings. The summed E-state index contributed by atoms with van der Waals surface area (Å²) >= 11 is 6.10. The fourth-order valence-corrected chi connectivity index (χ4v) is 4.18. The lowest BCUT2D eigenvalue weighted by Gasteiger charge is -2.36. The SMILES string of the molecule is CO[C@H]1CCN(c2ccc(C(=O)N3CCN(c4cccc(Cl)c4)CC3)cc2)C1. The van der Waals surface area contributed by atoms with Crippen LogP contribution >= 0.6 is 11.6 Å². The van der Waals surface area contributed by atoms with E-state index in [0.717, 1.165) is 67.7 Å². The van der Waals surface area contributed by atoms with Crippen molar-refractivity contribution in [3.8, 4) is 0 Å². The fraction of sp³-hybridized carbons (Fsp3) is 0.409. The third-order valence-electron chi connectivity index (χ3n) is 5.70. The summed E-state index contributed by atoms with van der Waals surface area (Å²) in [6.45, 7) is 4.97. The first-order valence-electron chi connectivity index (χ1n) is 9.81. The number of piperazine rings is 1. The summed E-state index contributed by atoms with van der Waals surface area (Å²) in [7, 11) is 1.77. The Morgan fingerprint density at radius 3 is 2.36 bits per heavy atom. The number of halogens is 1. The molecule has 4 rings (SSSR count). The van der Waals surface area contributed by atoms with Crippen molar-refractivity contribution in [1.82, 2.24) is 4.90 Å². The van der Waals surface area contributed by atoms with Crippen molar-refractivity contribution < 1.29 is 9.53 Å². The van der Waals surface area contributed by atoms with E-state index in [4.69, 9.17) is 16.3 Å². The van der Waals surface area contributed by atoms with Crippen molar-refractivity contribution in [3.05, 3.63) is 59.1 Å². The van der Waals surface area contributed by atoms with Crippen LogP contribution in [0.15, 0.2) is 48.5 Å². The highest BCUT2D eigenvalue weighted by molar-refractivity contribution is 6.30. The molecule has 0 radical (unpaired) electrons. The van der Waals surface area contributed by atoms with Gasteiger partial charge in [0.2, 0.25) is 0 Å². The van der Waals surface area contributed by atoms with Gasteiger partial charge in [-0.05, 0) is 48.9 Å². The predicted octanol–water partition coefficient (Wildman–Crippen LogP) is 3.53. The highest BCUT2D eigenvalue weighted by Gasteiger charge is 2.24. The van der Waals surface area contributed by atoms with Crippen LogP contribution in [0.1, 0.15) is 16.8 Å². The topological polar surface area (TPSA) is 36.0 Å². The van der Waals surface area contributed by atoms with Crippen molar-refractivity contribution in [2.24, 2.45) is 0 Å². The summed E-state index contributed by atoms with van der Waals surface area (Å²) in [6, 6.07) is 15.9. The minimum atomic E-state index is 0.105. The van der Waals surface area contributed by atoms with Gasteiger partial charge in [-0.3, -0.25) is 4.79 Å². The number of carbonyl (C=O) groups excluding carboxylic acids is 1. The van der Waals surface area contributed by atoms with Crippen LogP contribution in [-0.4, -0.2) is 63.3 Å². The molecule has 2 aliphatic heterocycles. The number of hydrogen-bond acceptors (Lipinski definition) is 4. The van der Waals surface area contributed by atoms with Gasteiger partial charge in [-0.15, -0.1) is 0 Å². The number of nitrogens with zero attached hydrogens (tertiary/aromatic N) is 3. The highest BCUT2D eigenvalue weighted by Crippen LogP contribution is 2.24. The second-order valence-corrected chi connectivity index (χ2v) is 7.83. The van der Waals surface area contributed by atoms with E-state index in [2.05, 4.69) is 15.9 Å². The molecular weight excluding hydrogens is 374 g/mol. The maximum Gasteiger partial charge on any atom is 0.253 e. The second kappa shape index (κ2) is 8.41. The molecule has 5 nitrogen and oxygen atoms in total. The summed E-state index contributed by atoms with van der Waals surface area (Å²) in [5.41, 5.74) is 3.02. The third kappa shape index (κ3) is 4.10. The van der Waals surface area contributed by atoms with E-state index in [9.17, 15) is 4.79 Å². The summed E-state index contributed by atoms with van der Waals surface area (Å²) in [5.74, 6) is 0.105. The van der Waals surface area contributed by atoms with Gasteiger partial charge in [-0.1, -0.05) is 17.7 Å². The zero-order chi connectivity index (χ0) is 19.5. The Bertz CT molecular complexity index is 819. The minimum absolute atomic E-state index is 0.105. The van der Waals surface area contributed by atoms with Crippen molar-refractivity contribution in [2.45, 2.75) is 12.5 Å². The van der Waals surface area contributed by atoms with Gasteiger partial charge < -0.3 is 19.4 Å². The average molecular weight is 400 g/mol. The van der Waals surface area contributed by atoms with Gasteiger partial charge in [-0.2, -0.15) is 0 Å². The van der Waals surface area contributed by atoms with Gasteiger partial charge in [-0.25, -0.2) is 0 Å². The lowest BCUT2D eigenvalue weighted by molar-refractivity contribution is 0.0747. The van der Waals surface area contributed by atoms with Gasteiger partial charge in [0.25, 0.3) is 5.91 Å². The zero-order valence-corrected chi connectivity index (χ0v) is 16.9. The van der Waals surface area contributed by atoms with Gasteiger partial charge in [0, 0.05) is 68.3 Å². The number of hydrogen-bond donors (Lipinski definition) is 0. The number of benzene rings is 2. The molecule has 0 spiro atoms. The number of amides is 1. The second-order valence-electron chi connectivity index (χ2n) is 7.40. The predicted molar refractivity (Wildman–Crippen MR) is 114 cm³/mol.